The summed E-state index contributed by atoms with van der Waals surface area (Å²) in [4.78, 5) is 12.3. The van der Waals surface area contributed by atoms with Crippen molar-refractivity contribution in [2.45, 2.75) is 10.3 Å². The van der Waals surface area contributed by atoms with E-state index < -0.39 is 10.0 Å². The van der Waals surface area contributed by atoms with E-state index in [0.29, 0.717) is 17.3 Å². The maximum Gasteiger partial charge on any atom is 0.252 e. The Kier molecular flexibility index (Phi) is 4.02. The van der Waals surface area contributed by atoms with Gasteiger partial charge in [-0.2, -0.15) is 4.31 Å². The fraction of sp³-hybridized carbons (Fsp3) is 0.278. The van der Waals surface area contributed by atoms with Gasteiger partial charge in [0.05, 0.1) is 0 Å². The molecule has 1 aliphatic heterocycles. The first-order valence-electron chi connectivity index (χ1n) is 8.09. The van der Waals surface area contributed by atoms with Crippen molar-refractivity contribution in [3.05, 3.63) is 55.1 Å². The summed E-state index contributed by atoms with van der Waals surface area (Å²) in [6.07, 6.45) is 1.25. The number of nitrogens with one attached hydrogen (secondary N) is 1. The number of piperidine rings is 1. The van der Waals surface area contributed by atoms with Crippen molar-refractivity contribution < 1.29 is 13.2 Å². The largest absolute Gasteiger partial charge is 0.349 e. The van der Waals surface area contributed by atoms with Gasteiger partial charge in [-0.25, -0.2) is 8.42 Å². The first-order valence-corrected chi connectivity index (χ1v) is 10.3. The van der Waals surface area contributed by atoms with Crippen molar-refractivity contribution in [2.75, 3.05) is 13.1 Å². The molecule has 2 fully saturated rings. The molecule has 2 unspecified atom stereocenters. The molecule has 1 aromatic heterocycles. The van der Waals surface area contributed by atoms with Gasteiger partial charge in [0.2, 0.25) is 5.91 Å². The smallest absolute Gasteiger partial charge is 0.252 e. The first-order chi connectivity index (χ1) is 12.0. The molecular formula is C18H18N2O3S2. The van der Waals surface area contributed by atoms with E-state index in [1.54, 1.807) is 10.4 Å². The van der Waals surface area contributed by atoms with Crippen LogP contribution >= 0.6 is 11.3 Å². The van der Waals surface area contributed by atoms with Crippen LogP contribution in [0.15, 0.2) is 59.3 Å². The number of fused-ring (bicyclic) bond motifs is 1. The van der Waals surface area contributed by atoms with E-state index in [4.69, 9.17) is 0 Å². The van der Waals surface area contributed by atoms with Crippen LogP contribution < -0.4 is 5.32 Å². The Morgan fingerprint density at radius 1 is 1.16 bits per heavy atom. The number of amides is 1. The molecule has 2 aliphatic rings. The minimum absolute atomic E-state index is 0.0835. The predicted molar refractivity (Wildman–Crippen MR) is 97.6 cm³/mol. The van der Waals surface area contributed by atoms with Crippen molar-refractivity contribution in [3.8, 4) is 10.4 Å². The van der Waals surface area contributed by atoms with Gasteiger partial charge in [-0.15, -0.1) is 11.3 Å². The Bertz CT molecular complexity index is 909. The topological polar surface area (TPSA) is 66.5 Å². The van der Waals surface area contributed by atoms with Gasteiger partial charge < -0.3 is 5.32 Å². The zero-order chi connectivity index (χ0) is 17.6. The number of carbonyl (C=O) groups is 1. The van der Waals surface area contributed by atoms with Crippen molar-refractivity contribution in [1.82, 2.24) is 9.62 Å². The Morgan fingerprint density at radius 2 is 1.84 bits per heavy atom. The summed E-state index contributed by atoms with van der Waals surface area (Å²) < 4.78 is 27.6. The molecule has 1 aliphatic carbocycles. The molecule has 130 valence electrons. The number of rotatable bonds is 5. The molecule has 1 saturated heterocycles. The second-order valence-electron chi connectivity index (χ2n) is 6.37. The number of thiophene rings is 1. The molecule has 25 heavy (non-hydrogen) atoms. The predicted octanol–water partition coefficient (Wildman–Crippen LogP) is 2.34. The summed E-state index contributed by atoms with van der Waals surface area (Å²) in [7, 11) is -3.47. The highest BCUT2D eigenvalue weighted by Crippen LogP contribution is 2.47. The third kappa shape index (κ3) is 2.92. The SMILES string of the molecule is C=CC(=O)NC1C2CN(S(=O)(=O)c3ccc(-c4ccccc4)s3)CC21. The van der Waals surface area contributed by atoms with E-state index in [1.807, 2.05) is 36.4 Å². The van der Waals surface area contributed by atoms with Crippen LogP contribution in [0.4, 0.5) is 0 Å². The van der Waals surface area contributed by atoms with Gasteiger partial charge in [0, 0.05) is 24.0 Å². The maximum atomic E-state index is 12.9. The molecule has 7 heteroatoms. The van der Waals surface area contributed by atoms with E-state index in [9.17, 15) is 13.2 Å². The molecule has 0 radical (unpaired) electrons. The van der Waals surface area contributed by atoms with Crippen LogP contribution in [0.25, 0.3) is 10.4 Å². The summed E-state index contributed by atoms with van der Waals surface area (Å²) in [5, 5.41) is 2.87. The highest BCUT2D eigenvalue weighted by atomic mass is 32.2. The lowest BCUT2D eigenvalue weighted by molar-refractivity contribution is -0.116. The van der Waals surface area contributed by atoms with Crippen LogP contribution in [0.3, 0.4) is 0 Å². The summed E-state index contributed by atoms with van der Waals surface area (Å²) in [6, 6.07) is 13.4. The van der Waals surface area contributed by atoms with Gasteiger partial charge in [0.25, 0.3) is 10.0 Å². The fourth-order valence-corrected chi connectivity index (χ4v) is 6.45. The minimum atomic E-state index is -3.47. The molecular weight excluding hydrogens is 356 g/mol. The highest BCUT2D eigenvalue weighted by Gasteiger charge is 2.58. The van der Waals surface area contributed by atoms with Crippen LogP contribution in [-0.2, 0) is 14.8 Å². The maximum absolute atomic E-state index is 12.9. The summed E-state index contributed by atoms with van der Waals surface area (Å²) in [6.45, 7) is 4.37. The molecule has 0 bridgehead atoms. The van der Waals surface area contributed by atoms with E-state index in [2.05, 4.69) is 11.9 Å². The summed E-state index contributed by atoms with van der Waals surface area (Å²) in [5.74, 6) is 0.235. The van der Waals surface area contributed by atoms with Crippen LogP contribution in [-0.4, -0.2) is 37.8 Å². The Balaban J connectivity index is 1.47. The zero-order valence-corrected chi connectivity index (χ0v) is 15.1. The van der Waals surface area contributed by atoms with Crippen molar-refractivity contribution in [3.63, 3.8) is 0 Å². The number of hydrogen-bond donors (Lipinski definition) is 1. The molecule has 2 atom stereocenters. The molecule has 1 saturated carbocycles. The van der Waals surface area contributed by atoms with Gasteiger partial charge in [0.15, 0.2) is 0 Å². The molecule has 4 rings (SSSR count). The number of carbonyl (C=O) groups excluding carboxylic acids is 1. The monoisotopic (exact) mass is 374 g/mol. The molecule has 1 N–H and O–H groups in total. The van der Waals surface area contributed by atoms with Crippen molar-refractivity contribution in [2.24, 2.45) is 11.8 Å². The molecule has 2 heterocycles. The lowest BCUT2D eigenvalue weighted by Gasteiger charge is -2.18. The third-order valence-corrected chi connectivity index (χ3v) is 8.32. The average molecular weight is 374 g/mol. The number of hydrogen-bond acceptors (Lipinski definition) is 4. The van der Waals surface area contributed by atoms with Crippen molar-refractivity contribution >= 4 is 27.3 Å². The Hall–Kier alpha value is -1.96. The van der Waals surface area contributed by atoms with Gasteiger partial charge in [-0.1, -0.05) is 36.9 Å². The quantitative estimate of drug-likeness (QED) is 0.817. The fourth-order valence-electron chi connectivity index (χ4n) is 3.46. The number of sulfonamides is 1. The van der Waals surface area contributed by atoms with Crippen LogP contribution in [0.5, 0.6) is 0 Å². The molecule has 1 aromatic carbocycles. The Labute approximate surface area is 151 Å². The van der Waals surface area contributed by atoms with E-state index in [0.717, 1.165) is 10.4 Å². The highest BCUT2D eigenvalue weighted by molar-refractivity contribution is 7.91. The zero-order valence-electron chi connectivity index (χ0n) is 13.5. The lowest BCUT2D eigenvalue weighted by Crippen LogP contribution is -2.36. The van der Waals surface area contributed by atoms with Gasteiger partial charge in [-0.05, 0) is 35.6 Å². The van der Waals surface area contributed by atoms with Crippen LogP contribution in [0.1, 0.15) is 0 Å². The standard InChI is InChI=1S/C18H18N2O3S2/c1-2-16(21)19-18-13-10-20(11-14(13)18)25(22,23)17-9-8-15(24-17)12-6-4-3-5-7-12/h2-9,13-14,18H,1,10-11H2,(H,19,21). The van der Waals surface area contributed by atoms with Gasteiger partial charge in [-0.3, -0.25) is 4.79 Å². The van der Waals surface area contributed by atoms with E-state index >= 15 is 0 Å². The second kappa shape index (κ2) is 6.09. The van der Waals surface area contributed by atoms with Crippen LogP contribution in [0.2, 0.25) is 0 Å². The third-order valence-electron chi connectivity index (χ3n) is 4.89. The second-order valence-corrected chi connectivity index (χ2v) is 9.62. The number of nitrogens with zero attached hydrogens (tertiary/aromatic N) is 1. The van der Waals surface area contributed by atoms with Crippen molar-refractivity contribution in [1.29, 1.82) is 0 Å². The average Bonchev–Trinajstić information content (AvgIpc) is 3.07. The van der Waals surface area contributed by atoms with Crippen LogP contribution in [0, 0.1) is 11.8 Å². The van der Waals surface area contributed by atoms with Gasteiger partial charge >= 0.3 is 0 Å². The summed E-state index contributed by atoms with van der Waals surface area (Å²) >= 11 is 1.30. The molecule has 0 spiro atoms. The van der Waals surface area contributed by atoms with Gasteiger partial charge in [0.1, 0.15) is 4.21 Å². The summed E-state index contributed by atoms with van der Waals surface area (Å²) in [5.41, 5.74) is 1.02. The van der Waals surface area contributed by atoms with E-state index in [-0.39, 0.29) is 23.8 Å². The minimum Gasteiger partial charge on any atom is -0.349 e. The molecule has 5 nitrogen and oxygen atoms in total. The lowest BCUT2D eigenvalue weighted by atomic mass is 10.2. The first kappa shape index (κ1) is 16.5. The normalized spacial score (nSPS) is 25.4. The molecule has 1 amide bonds. The van der Waals surface area contributed by atoms with E-state index in [1.165, 1.54) is 17.4 Å². The Morgan fingerprint density at radius 3 is 2.48 bits per heavy atom. The number of benzene rings is 1. The molecule has 2 aromatic rings.